The van der Waals surface area contributed by atoms with Gasteiger partial charge in [0.25, 0.3) is 0 Å². The maximum atomic E-state index is 9.57. The van der Waals surface area contributed by atoms with Crippen LogP contribution >= 0.6 is 0 Å². The summed E-state index contributed by atoms with van der Waals surface area (Å²) >= 11 is 0. The lowest BCUT2D eigenvalue weighted by Gasteiger charge is -2.14. The SMILES string of the molecule is CC(C)(O)CONC=O. The van der Waals surface area contributed by atoms with Crippen molar-refractivity contribution in [3.05, 3.63) is 0 Å². The van der Waals surface area contributed by atoms with Crippen molar-refractivity contribution in [2.45, 2.75) is 19.4 Å². The number of nitrogens with one attached hydrogen (secondary N) is 1. The molecule has 4 heteroatoms. The predicted octanol–water partition coefficient (Wildman–Crippen LogP) is -0.565. The van der Waals surface area contributed by atoms with Crippen LogP contribution in [0.3, 0.4) is 0 Å². The first-order valence-corrected chi connectivity index (χ1v) is 2.59. The maximum absolute atomic E-state index is 9.57. The molecular formula is C5H11NO3. The minimum Gasteiger partial charge on any atom is -0.388 e. The van der Waals surface area contributed by atoms with Crippen molar-refractivity contribution < 1.29 is 14.7 Å². The van der Waals surface area contributed by atoms with E-state index in [1.165, 1.54) is 0 Å². The largest absolute Gasteiger partial charge is 0.388 e. The summed E-state index contributed by atoms with van der Waals surface area (Å²) in [4.78, 5) is 14.1. The molecule has 0 heterocycles. The molecule has 0 aliphatic heterocycles. The Hall–Kier alpha value is -0.610. The second kappa shape index (κ2) is 3.42. The lowest BCUT2D eigenvalue weighted by atomic mass is 10.2. The average molecular weight is 133 g/mol. The fraction of sp³-hybridized carbons (Fsp3) is 0.800. The summed E-state index contributed by atoms with van der Waals surface area (Å²) in [5.41, 5.74) is 1.07. The molecule has 0 fully saturated rings. The molecule has 54 valence electrons. The summed E-state index contributed by atoms with van der Waals surface area (Å²) in [5.74, 6) is 0. The van der Waals surface area contributed by atoms with Gasteiger partial charge < -0.3 is 5.11 Å². The highest BCUT2D eigenvalue weighted by molar-refractivity contribution is 5.43. The molecule has 0 radical (unpaired) electrons. The average Bonchev–Trinajstić information content (AvgIpc) is 1.63. The molecule has 9 heavy (non-hydrogen) atoms. The molecule has 0 saturated carbocycles. The van der Waals surface area contributed by atoms with Gasteiger partial charge in [-0.2, -0.15) is 0 Å². The van der Waals surface area contributed by atoms with Crippen LogP contribution in [-0.4, -0.2) is 23.7 Å². The van der Waals surface area contributed by atoms with E-state index in [0.717, 1.165) is 0 Å². The number of hydroxylamine groups is 1. The first kappa shape index (κ1) is 8.39. The maximum Gasteiger partial charge on any atom is 0.230 e. The Morgan fingerprint density at radius 2 is 2.33 bits per heavy atom. The third-order valence-corrected chi connectivity index (χ3v) is 0.557. The number of carbonyl (C=O) groups excluding carboxylic acids is 1. The van der Waals surface area contributed by atoms with E-state index in [-0.39, 0.29) is 6.61 Å². The molecule has 0 atom stereocenters. The zero-order valence-electron chi connectivity index (χ0n) is 5.55. The van der Waals surface area contributed by atoms with E-state index in [1.54, 1.807) is 13.8 Å². The summed E-state index contributed by atoms with van der Waals surface area (Å²) in [6.45, 7) is 3.25. The van der Waals surface area contributed by atoms with E-state index < -0.39 is 5.60 Å². The molecule has 2 N–H and O–H groups in total. The van der Waals surface area contributed by atoms with Gasteiger partial charge in [-0.3, -0.25) is 9.63 Å². The van der Waals surface area contributed by atoms with E-state index >= 15 is 0 Å². The normalized spacial score (nSPS) is 11.0. The third-order valence-electron chi connectivity index (χ3n) is 0.557. The van der Waals surface area contributed by atoms with Gasteiger partial charge in [-0.05, 0) is 13.8 Å². The summed E-state index contributed by atoms with van der Waals surface area (Å²) in [7, 11) is 0. The first-order valence-electron chi connectivity index (χ1n) is 2.59. The van der Waals surface area contributed by atoms with Crippen LogP contribution in [0.15, 0.2) is 0 Å². The summed E-state index contributed by atoms with van der Waals surface area (Å²) in [5, 5.41) is 8.96. The topological polar surface area (TPSA) is 58.6 Å². The lowest BCUT2D eigenvalue weighted by molar-refractivity contribution is -0.126. The van der Waals surface area contributed by atoms with E-state index in [2.05, 4.69) is 4.84 Å². The van der Waals surface area contributed by atoms with E-state index in [4.69, 9.17) is 5.11 Å². The number of hydrogen-bond donors (Lipinski definition) is 2. The number of carbonyl (C=O) groups is 1. The second-order valence-corrected chi connectivity index (χ2v) is 2.34. The van der Waals surface area contributed by atoms with Crippen LogP contribution < -0.4 is 5.48 Å². The Labute approximate surface area is 53.8 Å². The lowest BCUT2D eigenvalue weighted by Crippen LogP contribution is -2.29. The molecule has 0 aromatic rings. The highest BCUT2D eigenvalue weighted by atomic mass is 16.7. The van der Waals surface area contributed by atoms with Gasteiger partial charge in [-0.15, -0.1) is 0 Å². The van der Waals surface area contributed by atoms with E-state index in [1.807, 2.05) is 5.48 Å². The van der Waals surface area contributed by atoms with Crippen LogP contribution in [0, 0.1) is 0 Å². The summed E-state index contributed by atoms with van der Waals surface area (Å²) < 4.78 is 0. The Balaban J connectivity index is 3.17. The molecule has 0 saturated heterocycles. The summed E-state index contributed by atoms with van der Waals surface area (Å²) in [6, 6.07) is 0. The molecular weight excluding hydrogens is 122 g/mol. The number of amides is 1. The molecule has 0 aliphatic rings. The van der Waals surface area contributed by atoms with Gasteiger partial charge in [0, 0.05) is 0 Å². The molecule has 0 spiro atoms. The van der Waals surface area contributed by atoms with Crippen LogP contribution in [0.5, 0.6) is 0 Å². The van der Waals surface area contributed by atoms with Crippen molar-refractivity contribution in [3.63, 3.8) is 0 Å². The van der Waals surface area contributed by atoms with E-state index in [0.29, 0.717) is 6.41 Å². The van der Waals surface area contributed by atoms with Crippen LogP contribution in [0.1, 0.15) is 13.8 Å². The van der Waals surface area contributed by atoms with Crippen LogP contribution in [-0.2, 0) is 9.63 Å². The Kier molecular flexibility index (Phi) is 3.19. The zero-order chi connectivity index (χ0) is 7.33. The Bertz CT molecular complexity index is 86.7. The fourth-order valence-corrected chi connectivity index (χ4v) is 0.252. The smallest absolute Gasteiger partial charge is 0.230 e. The van der Waals surface area contributed by atoms with Gasteiger partial charge in [-0.1, -0.05) is 0 Å². The van der Waals surface area contributed by atoms with Crippen LogP contribution in [0.25, 0.3) is 0 Å². The fourth-order valence-electron chi connectivity index (χ4n) is 0.252. The Morgan fingerprint density at radius 1 is 1.78 bits per heavy atom. The number of aliphatic hydroxyl groups is 1. The molecule has 0 aliphatic carbocycles. The van der Waals surface area contributed by atoms with Crippen molar-refractivity contribution >= 4 is 6.41 Å². The van der Waals surface area contributed by atoms with E-state index in [9.17, 15) is 4.79 Å². The third kappa shape index (κ3) is 7.39. The molecule has 0 bridgehead atoms. The number of hydrogen-bond acceptors (Lipinski definition) is 3. The molecule has 4 nitrogen and oxygen atoms in total. The van der Waals surface area contributed by atoms with Gasteiger partial charge in [0.05, 0.1) is 5.60 Å². The van der Waals surface area contributed by atoms with Crippen molar-refractivity contribution in [2.75, 3.05) is 6.61 Å². The molecule has 0 rings (SSSR count). The zero-order valence-corrected chi connectivity index (χ0v) is 5.55. The van der Waals surface area contributed by atoms with Gasteiger partial charge >= 0.3 is 0 Å². The highest BCUT2D eigenvalue weighted by Gasteiger charge is 2.11. The minimum absolute atomic E-state index is 0.0890. The second-order valence-electron chi connectivity index (χ2n) is 2.34. The Morgan fingerprint density at radius 3 is 2.67 bits per heavy atom. The van der Waals surface area contributed by atoms with Crippen LogP contribution in [0.4, 0.5) is 0 Å². The van der Waals surface area contributed by atoms with Crippen molar-refractivity contribution in [2.24, 2.45) is 0 Å². The van der Waals surface area contributed by atoms with Gasteiger partial charge in [-0.25, -0.2) is 5.48 Å². The predicted molar refractivity (Wildman–Crippen MR) is 31.4 cm³/mol. The van der Waals surface area contributed by atoms with Gasteiger partial charge in [0.2, 0.25) is 6.41 Å². The molecule has 1 amide bonds. The van der Waals surface area contributed by atoms with Crippen molar-refractivity contribution in [1.29, 1.82) is 0 Å². The highest BCUT2D eigenvalue weighted by Crippen LogP contribution is 1.98. The van der Waals surface area contributed by atoms with Gasteiger partial charge in [0.15, 0.2) is 0 Å². The van der Waals surface area contributed by atoms with Crippen LogP contribution in [0.2, 0.25) is 0 Å². The molecule has 0 aromatic carbocycles. The van der Waals surface area contributed by atoms with Gasteiger partial charge in [0.1, 0.15) is 6.61 Å². The first-order chi connectivity index (χ1) is 4.06. The number of rotatable bonds is 4. The molecule has 0 unspecified atom stereocenters. The quantitative estimate of drug-likeness (QED) is 0.307. The monoisotopic (exact) mass is 133 g/mol. The summed E-state index contributed by atoms with van der Waals surface area (Å²) in [6.07, 6.45) is 0.408. The minimum atomic E-state index is -0.893. The standard InChI is InChI=1S/C5H11NO3/c1-5(2,8)3-9-6-4-7/h4,8H,3H2,1-2H3,(H,6,7). The van der Waals surface area contributed by atoms with Crippen molar-refractivity contribution in [3.8, 4) is 0 Å². The van der Waals surface area contributed by atoms with Crippen molar-refractivity contribution in [1.82, 2.24) is 5.48 Å². The molecule has 0 aromatic heterocycles.